The Bertz CT molecular complexity index is 201. The number of rotatable bonds is 1. The summed E-state index contributed by atoms with van der Waals surface area (Å²) < 4.78 is 0. The Hall–Kier alpha value is 0.660. The van der Waals surface area contributed by atoms with Crippen molar-refractivity contribution >= 4 is 23.5 Å². The second kappa shape index (κ2) is 4.26. The van der Waals surface area contributed by atoms with Crippen molar-refractivity contribution in [2.24, 2.45) is 11.8 Å². The van der Waals surface area contributed by atoms with Crippen molar-refractivity contribution < 1.29 is 0 Å². The standard InChI is InChI=1S/C11H19NS2/c1-2-10-5-9(1)6-11(10)12-7-13-3-4-14-8-12/h9-11H,1-8H2. The summed E-state index contributed by atoms with van der Waals surface area (Å²) in [4.78, 5) is 2.77. The topological polar surface area (TPSA) is 3.24 Å². The van der Waals surface area contributed by atoms with Gasteiger partial charge in [-0.25, -0.2) is 0 Å². The van der Waals surface area contributed by atoms with Crippen molar-refractivity contribution in [3.63, 3.8) is 0 Å². The highest BCUT2D eigenvalue weighted by Gasteiger charge is 2.42. The van der Waals surface area contributed by atoms with Crippen LogP contribution in [0.15, 0.2) is 0 Å². The third-order valence-electron chi connectivity index (χ3n) is 4.06. The minimum Gasteiger partial charge on any atom is -0.282 e. The van der Waals surface area contributed by atoms with Crippen LogP contribution in [0.4, 0.5) is 0 Å². The van der Waals surface area contributed by atoms with Gasteiger partial charge >= 0.3 is 0 Å². The summed E-state index contributed by atoms with van der Waals surface area (Å²) in [5.74, 6) is 7.51. The van der Waals surface area contributed by atoms with Crippen LogP contribution < -0.4 is 0 Å². The summed E-state index contributed by atoms with van der Waals surface area (Å²) in [6.45, 7) is 0. The van der Waals surface area contributed by atoms with E-state index < -0.39 is 0 Å². The lowest BCUT2D eigenvalue weighted by molar-refractivity contribution is 0.196. The smallest absolute Gasteiger partial charge is 0.0455 e. The summed E-state index contributed by atoms with van der Waals surface area (Å²) >= 11 is 4.29. The largest absolute Gasteiger partial charge is 0.282 e. The van der Waals surface area contributed by atoms with Crippen molar-refractivity contribution in [3.8, 4) is 0 Å². The first-order chi connectivity index (χ1) is 6.93. The third kappa shape index (κ3) is 1.83. The molecule has 2 aliphatic carbocycles. The molecule has 3 aliphatic rings. The zero-order valence-corrected chi connectivity index (χ0v) is 10.3. The lowest BCUT2D eigenvalue weighted by Crippen LogP contribution is -2.38. The lowest BCUT2D eigenvalue weighted by Gasteiger charge is -2.32. The number of thioether (sulfide) groups is 2. The summed E-state index contributed by atoms with van der Waals surface area (Å²) in [7, 11) is 0. The van der Waals surface area contributed by atoms with Gasteiger partial charge in [0.25, 0.3) is 0 Å². The van der Waals surface area contributed by atoms with E-state index in [0.717, 1.165) is 17.9 Å². The van der Waals surface area contributed by atoms with Crippen molar-refractivity contribution in [3.05, 3.63) is 0 Å². The minimum absolute atomic E-state index is 0.965. The molecule has 1 saturated heterocycles. The van der Waals surface area contributed by atoms with Crippen molar-refractivity contribution in [2.75, 3.05) is 23.3 Å². The van der Waals surface area contributed by atoms with Gasteiger partial charge in [0.1, 0.15) is 0 Å². The number of fused-ring (bicyclic) bond motifs is 2. The highest BCUT2D eigenvalue weighted by atomic mass is 32.2. The Morgan fingerprint density at radius 2 is 1.71 bits per heavy atom. The summed E-state index contributed by atoms with van der Waals surface area (Å²) in [6.07, 6.45) is 6.14. The molecule has 0 radical (unpaired) electrons. The molecule has 0 N–H and O–H groups in total. The SMILES string of the molecule is C1CSCN(C2CC3CCC2C3)CS1. The molecule has 0 aromatic rings. The molecule has 3 heteroatoms. The Morgan fingerprint density at radius 1 is 0.929 bits per heavy atom. The van der Waals surface area contributed by atoms with Crippen LogP contribution in [-0.4, -0.2) is 34.2 Å². The highest BCUT2D eigenvalue weighted by molar-refractivity contribution is 8.03. The van der Waals surface area contributed by atoms with E-state index in [9.17, 15) is 0 Å². The number of nitrogens with zero attached hydrogens (tertiary/aromatic N) is 1. The lowest BCUT2D eigenvalue weighted by atomic mass is 9.95. The molecule has 1 aliphatic heterocycles. The molecule has 2 saturated carbocycles. The van der Waals surface area contributed by atoms with E-state index in [1.807, 2.05) is 0 Å². The first-order valence-electron chi connectivity index (χ1n) is 5.83. The summed E-state index contributed by atoms with van der Waals surface area (Å²) in [5, 5.41) is 0. The molecular weight excluding hydrogens is 210 g/mol. The maximum atomic E-state index is 2.77. The number of hydrogen-bond acceptors (Lipinski definition) is 3. The first kappa shape index (κ1) is 9.86. The molecule has 1 heterocycles. The van der Waals surface area contributed by atoms with Crippen LogP contribution >= 0.6 is 23.5 Å². The van der Waals surface area contributed by atoms with Gasteiger partial charge < -0.3 is 0 Å². The van der Waals surface area contributed by atoms with Crippen molar-refractivity contribution in [1.29, 1.82) is 0 Å². The van der Waals surface area contributed by atoms with E-state index in [2.05, 4.69) is 28.4 Å². The van der Waals surface area contributed by atoms with E-state index in [4.69, 9.17) is 0 Å². The second-order valence-corrected chi connectivity index (χ2v) is 7.06. The van der Waals surface area contributed by atoms with Crippen LogP contribution in [0, 0.1) is 11.8 Å². The van der Waals surface area contributed by atoms with Crippen LogP contribution in [0.25, 0.3) is 0 Å². The summed E-state index contributed by atoms with van der Waals surface area (Å²) in [6, 6.07) is 0.965. The molecule has 0 amide bonds. The quantitative estimate of drug-likeness (QED) is 0.681. The molecule has 3 rings (SSSR count). The van der Waals surface area contributed by atoms with Crippen molar-refractivity contribution in [2.45, 2.75) is 31.7 Å². The van der Waals surface area contributed by atoms with E-state index in [0.29, 0.717) is 0 Å². The van der Waals surface area contributed by atoms with Crippen LogP contribution in [0.5, 0.6) is 0 Å². The Balaban J connectivity index is 1.63. The fourth-order valence-corrected chi connectivity index (χ4v) is 5.72. The first-order valence-corrected chi connectivity index (χ1v) is 8.14. The van der Waals surface area contributed by atoms with E-state index in [1.54, 1.807) is 6.42 Å². The Labute approximate surface area is 95.4 Å². The zero-order valence-electron chi connectivity index (χ0n) is 8.65. The average molecular weight is 229 g/mol. The molecule has 3 fully saturated rings. The second-order valence-electron chi connectivity index (χ2n) is 4.91. The van der Waals surface area contributed by atoms with E-state index in [1.165, 1.54) is 42.5 Å². The molecule has 1 nitrogen and oxygen atoms in total. The van der Waals surface area contributed by atoms with Crippen LogP contribution in [0.1, 0.15) is 25.7 Å². The Kier molecular flexibility index (Phi) is 3.00. The zero-order chi connectivity index (χ0) is 9.38. The fourth-order valence-electron chi connectivity index (χ4n) is 3.37. The average Bonchev–Trinajstić information content (AvgIpc) is 2.72. The van der Waals surface area contributed by atoms with Gasteiger partial charge in [-0.2, -0.15) is 0 Å². The highest BCUT2D eigenvalue weighted by Crippen LogP contribution is 2.47. The van der Waals surface area contributed by atoms with Gasteiger partial charge in [-0.1, -0.05) is 6.42 Å². The van der Waals surface area contributed by atoms with Gasteiger partial charge in [0, 0.05) is 29.3 Å². The van der Waals surface area contributed by atoms with Gasteiger partial charge in [0.05, 0.1) is 0 Å². The molecular formula is C11H19NS2. The molecule has 80 valence electrons. The van der Waals surface area contributed by atoms with Crippen molar-refractivity contribution in [1.82, 2.24) is 4.90 Å². The van der Waals surface area contributed by atoms with Gasteiger partial charge in [-0.05, 0) is 31.1 Å². The Morgan fingerprint density at radius 3 is 2.29 bits per heavy atom. The van der Waals surface area contributed by atoms with Crippen LogP contribution in [0.3, 0.4) is 0 Å². The van der Waals surface area contributed by atoms with Crippen LogP contribution in [-0.2, 0) is 0 Å². The third-order valence-corrected chi connectivity index (χ3v) is 6.33. The predicted octanol–water partition coefficient (Wildman–Crippen LogP) is 2.87. The number of hydrogen-bond donors (Lipinski definition) is 0. The van der Waals surface area contributed by atoms with Gasteiger partial charge in [-0.15, -0.1) is 23.5 Å². The summed E-state index contributed by atoms with van der Waals surface area (Å²) in [5.41, 5.74) is 0. The van der Waals surface area contributed by atoms with Gasteiger partial charge in [0.15, 0.2) is 0 Å². The molecule has 0 aromatic heterocycles. The van der Waals surface area contributed by atoms with E-state index >= 15 is 0 Å². The maximum Gasteiger partial charge on any atom is 0.0455 e. The monoisotopic (exact) mass is 229 g/mol. The van der Waals surface area contributed by atoms with Gasteiger partial charge in [0.2, 0.25) is 0 Å². The minimum atomic E-state index is 0.965. The molecule has 0 aromatic carbocycles. The normalized spacial score (nSPS) is 44.1. The van der Waals surface area contributed by atoms with Crippen LogP contribution in [0.2, 0.25) is 0 Å². The molecule has 3 unspecified atom stereocenters. The van der Waals surface area contributed by atoms with Gasteiger partial charge in [-0.3, -0.25) is 4.90 Å². The predicted molar refractivity (Wildman–Crippen MR) is 65.7 cm³/mol. The van der Waals surface area contributed by atoms with E-state index in [-0.39, 0.29) is 0 Å². The fraction of sp³-hybridized carbons (Fsp3) is 1.00. The molecule has 3 atom stereocenters. The molecule has 14 heavy (non-hydrogen) atoms. The molecule has 0 spiro atoms. The maximum absolute atomic E-state index is 2.77. The molecule has 2 bridgehead atoms.